The Morgan fingerprint density at radius 1 is 1.28 bits per heavy atom. The van der Waals surface area contributed by atoms with Gasteiger partial charge in [-0.3, -0.25) is 4.79 Å². The summed E-state index contributed by atoms with van der Waals surface area (Å²) in [5.41, 5.74) is 1.74. The number of nitriles is 1. The van der Waals surface area contributed by atoms with E-state index in [1.54, 1.807) is 23.9 Å². The van der Waals surface area contributed by atoms with Gasteiger partial charge in [-0.1, -0.05) is 35.0 Å². The van der Waals surface area contributed by atoms with Crippen LogP contribution >= 0.6 is 58.1 Å². The van der Waals surface area contributed by atoms with Crippen LogP contribution in [0, 0.1) is 11.3 Å². The van der Waals surface area contributed by atoms with Gasteiger partial charge in [0.15, 0.2) is 5.16 Å². The zero-order valence-electron chi connectivity index (χ0n) is 17.2. The van der Waals surface area contributed by atoms with E-state index >= 15 is 0 Å². The number of nitrogens with one attached hydrogen (secondary N) is 1. The number of hydrogen-bond donors (Lipinski definition) is 1. The Morgan fingerprint density at radius 3 is 2.88 bits per heavy atom. The van der Waals surface area contributed by atoms with Gasteiger partial charge in [-0.2, -0.15) is 5.26 Å². The molecule has 1 aromatic carbocycles. The Morgan fingerprint density at radius 2 is 2.09 bits per heavy atom. The van der Waals surface area contributed by atoms with Crippen LogP contribution in [-0.4, -0.2) is 26.4 Å². The summed E-state index contributed by atoms with van der Waals surface area (Å²) in [6, 6.07) is 7.66. The maximum absolute atomic E-state index is 12.5. The SMILES string of the molecule is Cn1c(CSc2ccc(Cl)cc2Cl)nnc1SCC(=O)Nc1sc2c(c1C#N)CCCC2. The van der Waals surface area contributed by atoms with E-state index in [4.69, 9.17) is 23.2 Å². The molecule has 0 atom stereocenters. The monoisotopic (exact) mass is 523 g/mol. The van der Waals surface area contributed by atoms with Crippen LogP contribution in [-0.2, 0) is 30.4 Å². The van der Waals surface area contributed by atoms with E-state index in [1.165, 1.54) is 28.0 Å². The zero-order chi connectivity index (χ0) is 22.7. The minimum atomic E-state index is -0.156. The lowest BCUT2D eigenvalue weighted by Crippen LogP contribution is -2.14. The van der Waals surface area contributed by atoms with Gasteiger partial charge in [0.2, 0.25) is 5.91 Å². The highest BCUT2D eigenvalue weighted by Gasteiger charge is 2.22. The molecule has 2 aromatic heterocycles. The molecule has 0 radical (unpaired) electrons. The van der Waals surface area contributed by atoms with Crippen molar-refractivity contribution in [3.05, 3.63) is 50.1 Å². The number of hydrogen-bond acceptors (Lipinski definition) is 7. The molecule has 166 valence electrons. The Kier molecular flexibility index (Phi) is 7.69. The summed E-state index contributed by atoms with van der Waals surface area (Å²) < 4.78 is 1.87. The molecule has 11 heteroatoms. The molecule has 1 N–H and O–H groups in total. The molecule has 1 aliphatic rings. The molecule has 0 aliphatic heterocycles. The Balaban J connectivity index is 1.34. The third-order valence-corrected chi connectivity index (χ3v) is 9.00. The minimum absolute atomic E-state index is 0.156. The molecule has 32 heavy (non-hydrogen) atoms. The molecule has 1 aliphatic carbocycles. The van der Waals surface area contributed by atoms with Crippen molar-refractivity contribution < 1.29 is 4.79 Å². The highest BCUT2D eigenvalue weighted by molar-refractivity contribution is 7.99. The highest BCUT2D eigenvalue weighted by Crippen LogP contribution is 2.38. The van der Waals surface area contributed by atoms with Gasteiger partial charge in [-0.05, 0) is 49.4 Å². The lowest BCUT2D eigenvalue weighted by Gasteiger charge is -2.09. The number of carbonyl (C=O) groups excluding carboxylic acids is 1. The molecule has 0 saturated carbocycles. The molecular weight excluding hydrogens is 505 g/mol. The number of carbonyl (C=O) groups is 1. The predicted molar refractivity (Wildman–Crippen MR) is 132 cm³/mol. The molecule has 6 nitrogen and oxygen atoms in total. The van der Waals surface area contributed by atoms with Gasteiger partial charge in [0.05, 0.1) is 22.1 Å². The summed E-state index contributed by atoms with van der Waals surface area (Å²) in [4.78, 5) is 14.7. The first-order valence-electron chi connectivity index (χ1n) is 9.89. The minimum Gasteiger partial charge on any atom is -0.316 e. The first-order valence-corrected chi connectivity index (χ1v) is 13.4. The van der Waals surface area contributed by atoms with Crippen LogP contribution < -0.4 is 5.32 Å². The number of halogens is 2. The average Bonchev–Trinajstić information content (AvgIpc) is 3.30. The fourth-order valence-corrected chi connectivity index (χ4v) is 6.85. The second-order valence-corrected chi connectivity index (χ2v) is 11.1. The predicted octanol–water partition coefficient (Wildman–Crippen LogP) is 5.96. The summed E-state index contributed by atoms with van der Waals surface area (Å²) in [6.07, 6.45) is 4.14. The van der Waals surface area contributed by atoms with Crippen molar-refractivity contribution in [1.29, 1.82) is 5.26 Å². The van der Waals surface area contributed by atoms with E-state index in [0.717, 1.165) is 42.0 Å². The Labute approximate surface area is 208 Å². The normalized spacial score (nSPS) is 12.9. The molecule has 0 unspecified atom stereocenters. The van der Waals surface area contributed by atoms with Gasteiger partial charge < -0.3 is 9.88 Å². The van der Waals surface area contributed by atoms with Crippen molar-refractivity contribution in [3.63, 3.8) is 0 Å². The lowest BCUT2D eigenvalue weighted by atomic mass is 9.96. The molecule has 0 fully saturated rings. The largest absolute Gasteiger partial charge is 0.316 e. The molecule has 0 saturated heterocycles. The number of amides is 1. The number of benzene rings is 1. The Bertz CT molecular complexity index is 1200. The maximum atomic E-state index is 12.5. The molecule has 1 amide bonds. The van der Waals surface area contributed by atoms with Gasteiger partial charge in [0, 0.05) is 21.8 Å². The van der Waals surface area contributed by atoms with Crippen LogP contribution in [0.4, 0.5) is 5.00 Å². The molecule has 0 spiro atoms. The zero-order valence-corrected chi connectivity index (χ0v) is 21.1. The van der Waals surface area contributed by atoms with E-state index < -0.39 is 0 Å². The number of aromatic nitrogens is 3. The van der Waals surface area contributed by atoms with Crippen molar-refractivity contribution in [3.8, 4) is 6.07 Å². The third-order valence-electron chi connectivity index (χ3n) is 5.04. The summed E-state index contributed by atoms with van der Waals surface area (Å²) in [5, 5.41) is 23.4. The van der Waals surface area contributed by atoms with E-state index in [2.05, 4.69) is 21.6 Å². The van der Waals surface area contributed by atoms with E-state index in [1.807, 2.05) is 17.7 Å². The van der Waals surface area contributed by atoms with Crippen LogP contribution in [0.1, 0.15) is 34.7 Å². The van der Waals surface area contributed by atoms with Crippen LogP contribution in [0.5, 0.6) is 0 Å². The number of nitrogens with zero attached hydrogens (tertiary/aromatic N) is 4. The van der Waals surface area contributed by atoms with E-state index in [-0.39, 0.29) is 11.7 Å². The molecular formula is C21H19Cl2N5OS3. The fraction of sp³-hybridized carbons (Fsp3) is 0.333. The van der Waals surface area contributed by atoms with Gasteiger partial charge >= 0.3 is 0 Å². The number of thiophene rings is 1. The third kappa shape index (κ3) is 5.26. The number of aryl methyl sites for hydroxylation is 1. The van der Waals surface area contributed by atoms with Crippen molar-refractivity contribution in [2.45, 2.75) is 41.5 Å². The maximum Gasteiger partial charge on any atom is 0.235 e. The molecule has 0 bridgehead atoms. The fourth-order valence-electron chi connectivity index (χ4n) is 3.40. The smallest absolute Gasteiger partial charge is 0.235 e. The van der Waals surface area contributed by atoms with Gasteiger partial charge in [0.25, 0.3) is 0 Å². The number of anilines is 1. The van der Waals surface area contributed by atoms with Gasteiger partial charge in [-0.25, -0.2) is 0 Å². The second kappa shape index (κ2) is 10.5. The Hall–Kier alpha value is -1.70. The number of thioether (sulfide) groups is 2. The topological polar surface area (TPSA) is 83.6 Å². The average molecular weight is 525 g/mol. The van der Waals surface area contributed by atoms with Crippen molar-refractivity contribution in [2.75, 3.05) is 11.1 Å². The molecule has 4 rings (SSSR count). The standard InChI is InChI=1S/C21H19Cl2N5OS3/c1-28-18(10-30-17-7-6-12(22)8-15(17)23)26-27-21(28)31-11-19(29)25-20-14(9-24)13-4-2-3-5-16(13)32-20/h6-8H,2-5,10-11H2,1H3,(H,25,29). The van der Waals surface area contributed by atoms with Crippen molar-refractivity contribution in [2.24, 2.45) is 7.05 Å². The molecule has 3 aromatic rings. The summed E-state index contributed by atoms with van der Waals surface area (Å²) in [6.45, 7) is 0. The highest BCUT2D eigenvalue weighted by atomic mass is 35.5. The summed E-state index contributed by atoms with van der Waals surface area (Å²) >= 11 is 16.6. The van der Waals surface area contributed by atoms with Crippen LogP contribution in [0.25, 0.3) is 0 Å². The number of rotatable bonds is 7. The second-order valence-electron chi connectivity index (χ2n) is 7.18. The van der Waals surface area contributed by atoms with E-state index in [0.29, 0.717) is 31.5 Å². The van der Waals surface area contributed by atoms with Crippen LogP contribution in [0.15, 0.2) is 28.3 Å². The van der Waals surface area contributed by atoms with Crippen LogP contribution in [0.3, 0.4) is 0 Å². The lowest BCUT2D eigenvalue weighted by molar-refractivity contribution is -0.113. The summed E-state index contributed by atoms with van der Waals surface area (Å²) in [7, 11) is 1.88. The first kappa shape index (κ1) is 23.5. The van der Waals surface area contributed by atoms with Gasteiger partial charge in [-0.15, -0.1) is 33.3 Å². The van der Waals surface area contributed by atoms with Gasteiger partial charge in [0.1, 0.15) is 16.9 Å². The van der Waals surface area contributed by atoms with Crippen molar-refractivity contribution >= 4 is 69.0 Å². The number of fused-ring (bicyclic) bond motifs is 1. The summed E-state index contributed by atoms with van der Waals surface area (Å²) in [5.74, 6) is 1.40. The quantitative estimate of drug-likeness (QED) is 0.384. The first-order chi connectivity index (χ1) is 15.5. The van der Waals surface area contributed by atoms with Crippen LogP contribution in [0.2, 0.25) is 10.0 Å². The van der Waals surface area contributed by atoms with Crippen molar-refractivity contribution in [1.82, 2.24) is 14.8 Å². The van der Waals surface area contributed by atoms with E-state index in [9.17, 15) is 10.1 Å². The molecule has 2 heterocycles.